The molecule has 0 spiro atoms. The van der Waals surface area contributed by atoms with Crippen molar-refractivity contribution in [3.63, 3.8) is 0 Å². The van der Waals surface area contributed by atoms with Gasteiger partial charge in [0.25, 0.3) is 0 Å². The van der Waals surface area contributed by atoms with Crippen LogP contribution in [0.2, 0.25) is 0 Å². The molecule has 3 rings (SSSR count). The monoisotopic (exact) mass is 247 g/mol. The lowest BCUT2D eigenvalue weighted by Gasteiger charge is -2.06. The van der Waals surface area contributed by atoms with Crippen LogP contribution in [0.15, 0.2) is 55.1 Å². The number of nitriles is 1. The third-order valence-corrected chi connectivity index (χ3v) is 2.69. The number of hydrogen-bond acceptors (Lipinski definition) is 4. The molecule has 90 valence electrons. The normalized spacial score (nSPS) is 10.1. The fraction of sp³-hybridized carbons (Fsp3) is 0. The molecule has 0 amide bonds. The van der Waals surface area contributed by atoms with Crippen molar-refractivity contribution in [2.45, 2.75) is 0 Å². The van der Waals surface area contributed by atoms with Crippen LogP contribution >= 0.6 is 0 Å². The van der Waals surface area contributed by atoms with Gasteiger partial charge in [-0.15, -0.1) is 0 Å². The van der Waals surface area contributed by atoms with Crippen LogP contribution in [0.25, 0.3) is 17.1 Å². The van der Waals surface area contributed by atoms with E-state index in [0.29, 0.717) is 5.56 Å². The summed E-state index contributed by atoms with van der Waals surface area (Å²) in [7, 11) is 0. The van der Waals surface area contributed by atoms with Gasteiger partial charge in [0.1, 0.15) is 6.07 Å². The lowest BCUT2D eigenvalue weighted by Crippen LogP contribution is -2.00. The smallest absolute Gasteiger partial charge is 0.101 e. The zero-order valence-corrected chi connectivity index (χ0v) is 9.93. The highest BCUT2D eigenvalue weighted by atomic mass is 15.3. The van der Waals surface area contributed by atoms with Gasteiger partial charge in [0.05, 0.1) is 35.0 Å². The first kappa shape index (κ1) is 11.1. The summed E-state index contributed by atoms with van der Waals surface area (Å²) >= 11 is 0. The minimum Gasteiger partial charge on any atom is -0.262 e. The van der Waals surface area contributed by atoms with E-state index >= 15 is 0 Å². The fourth-order valence-electron chi connectivity index (χ4n) is 1.79. The molecule has 5 heteroatoms. The zero-order valence-electron chi connectivity index (χ0n) is 9.93. The highest BCUT2D eigenvalue weighted by Gasteiger charge is 2.08. The van der Waals surface area contributed by atoms with Gasteiger partial charge < -0.3 is 0 Å². The molecule has 5 nitrogen and oxygen atoms in total. The Labute approximate surface area is 109 Å². The van der Waals surface area contributed by atoms with Crippen LogP contribution < -0.4 is 0 Å². The maximum atomic E-state index is 8.78. The van der Waals surface area contributed by atoms with Crippen LogP contribution in [0.3, 0.4) is 0 Å². The molecule has 19 heavy (non-hydrogen) atoms. The van der Waals surface area contributed by atoms with Gasteiger partial charge in [-0.2, -0.15) is 10.4 Å². The Morgan fingerprint density at radius 3 is 2.68 bits per heavy atom. The van der Waals surface area contributed by atoms with Crippen LogP contribution in [0, 0.1) is 11.3 Å². The number of rotatable bonds is 2. The Kier molecular flexibility index (Phi) is 2.75. The fourth-order valence-corrected chi connectivity index (χ4v) is 1.79. The van der Waals surface area contributed by atoms with Gasteiger partial charge in [0.2, 0.25) is 0 Å². The Morgan fingerprint density at radius 1 is 1.05 bits per heavy atom. The summed E-state index contributed by atoms with van der Waals surface area (Å²) in [5, 5.41) is 13.1. The zero-order chi connectivity index (χ0) is 13.1. The van der Waals surface area contributed by atoms with E-state index in [1.807, 2.05) is 24.3 Å². The average Bonchev–Trinajstić information content (AvgIpc) is 2.98. The van der Waals surface area contributed by atoms with Crippen LogP contribution in [-0.4, -0.2) is 19.7 Å². The van der Waals surface area contributed by atoms with E-state index in [-0.39, 0.29) is 0 Å². The van der Waals surface area contributed by atoms with Crippen molar-refractivity contribution in [1.82, 2.24) is 19.7 Å². The minimum atomic E-state index is 0.538. The van der Waals surface area contributed by atoms with Crippen molar-refractivity contribution in [1.29, 1.82) is 5.26 Å². The van der Waals surface area contributed by atoms with Crippen molar-refractivity contribution in [3.05, 3.63) is 60.7 Å². The first-order valence-corrected chi connectivity index (χ1v) is 5.69. The van der Waals surface area contributed by atoms with Gasteiger partial charge in [-0.3, -0.25) is 9.97 Å². The summed E-state index contributed by atoms with van der Waals surface area (Å²) in [4.78, 5) is 8.35. The summed E-state index contributed by atoms with van der Waals surface area (Å²) in [6, 6.07) is 11.3. The van der Waals surface area contributed by atoms with E-state index in [0.717, 1.165) is 17.1 Å². The molecule has 0 bridgehead atoms. The molecule has 0 saturated heterocycles. The summed E-state index contributed by atoms with van der Waals surface area (Å²) < 4.78 is 1.77. The predicted octanol–water partition coefficient (Wildman–Crippen LogP) is 2.20. The second-order valence-electron chi connectivity index (χ2n) is 3.88. The highest BCUT2D eigenvalue weighted by Crippen LogP contribution is 2.19. The summed E-state index contributed by atoms with van der Waals surface area (Å²) in [6.45, 7) is 0. The van der Waals surface area contributed by atoms with Gasteiger partial charge >= 0.3 is 0 Å². The summed E-state index contributed by atoms with van der Waals surface area (Å²) in [6.07, 6.45) is 6.71. The molecule has 0 aromatic carbocycles. The standard InChI is InChI=1S/C14H9N5/c15-8-11-3-4-13(17-9-11)14-5-7-18-19(14)12-2-1-6-16-10-12/h1-7,9-10H. The molecule has 0 atom stereocenters. The predicted molar refractivity (Wildman–Crippen MR) is 69.3 cm³/mol. The Hall–Kier alpha value is -3.00. The number of nitrogens with zero attached hydrogens (tertiary/aromatic N) is 5. The molecule has 0 N–H and O–H groups in total. The van der Waals surface area contributed by atoms with E-state index in [2.05, 4.69) is 21.1 Å². The van der Waals surface area contributed by atoms with Crippen molar-refractivity contribution >= 4 is 0 Å². The lowest BCUT2D eigenvalue weighted by atomic mass is 10.2. The number of aromatic nitrogens is 4. The Bertz CT molecular complexity index is 723. The summed E-state index contributed by atoms with van der Waals surface area (Å²) in [5.41, 5.74) is 3.03. The van der Waals surface area contributed by atoms with Crippen molar-refractivity contribution < 1.29 is 0 Å². The van der Waals surface area contributed by atoms with Crippen LogP contribution in [0.1, 0.15) is 5.56 Å². The van der Waals surface area contributed by atoms with Gasteiger partial charge in [-0.05, 0) is 30.3 Å². The van der Waals surface area contributed by atoms with Gasteiger partial charge in [-0.1, -0.05) is 0 Å². The maximum absolute atomic E-state index is 8.78. The van der Waals surface area contributed by atoms with Crippen LogP contribution in [0.5, 0.6) is 0 Å². The molecule has 0 radical (unpaired) electrons. The second-order valence-corrected chi connectivity index (χ2v) is 3.88. The van der Waals surface area contributed by atoms with Gasteiger partial charge in [-0.25, -0.2) is 4.68 Å². The van der Waals surface area contributed by atoms with Crippen molar-refractivity contribution in [2.24, 2.45) is 0 Å². The molecule has 0 saturated carbocycles. The Balaban J connectivity index is 2.07. The van der Waals surface area contributed by atoms with Crippen LogP contribution in [-0.2, 0) is 0 Å². The van der Waals surface area contributed by atoms with Crippen molar-refractivity contribution in [3.8, 4) is 23.1 Å². The molecule has 0 aliphatic rings. The molecule has 0 aliphatic heterocycles. The molecule has 3 heterocycles. The molecule has 0 aliphatic carbocycles. The maximum Gasteiger partial charge on any atom is 0.101 e. The number of pyridine rings is 2. The highest BCUT2D eigenvalue weighted by molar-refractivity contribution is 5.57. The van der Waals surface area contributed by atoms with Gasteiger partial charge in [0, 0.05) is 12.4 Å². The van der Waals surface area contributed by atoms with Crippen molar-refractivity contribution in [2.75, 3.05) is 0 Å². The van der Waals surface area contributed by atoms with E-state index in [1.54, 1.807) is 35.5 Å². The van der Waals surface area contributed by atoms with Crippen LogP contribution in [0.4, 0.5) is 0 Å². The SMILES string of the molecule is N#Cc1ccc(-c2ccnn2-c2cccnc2)nc1. The largest absolute Gasteiger partial charge is 0.262 e. The molecule has 0 fully saturated rings. The second kappa shape index (κ2) is 4.70. The number of hydrogen-bond donors (Lipinski definition) is 0. The topological polar surface area (TPSA) is 67.4 Å². The first-order valence-electron chi connectivity index (χ1n) is 5.69. The molecule has 3 aromatic rings. The third kappa shape index (κ3) is 2.07. The lowest BCUT2D eigenvalue weighted by molar-refractivity contribution is 0.877. The Morgan fingerprint density at radius 2 is 2.00 bits per heavy atom. The van der Waals surface area contributed by atoms with E-state index in [9.17, 15) is 0 Å². The molecule has 0 unspecified atom stereocenters. The molecular formula is C14H9N5. The van der Waals surface area contributed by atoms with E-state index in [4.69, 9.17) is 5.26 Å². The van der Waals surface area contributed by atoms with E-state index < -0.39 is 0 Å². The minimum absolute atomic E-state index is 0.538. The quantitative estimate of drug-likeness (QED) is 0.696. The van der Waals surface area contributed by atoms with E-state index in [1.165, 1.54) is 0 Å². The third-order valence-electron chi connectivity index (χ3n) is 2.69. The molecular weight excluding hydrogens is 238 g/mol. The first-order chi connectivity index (χ1) is 9.38. The van der Waals surface area contributed by atoms with Gasteiger partial charge in [0.15, 0.2) is 0 Å². The molecule has 3 aromatic heterocycles. The average molecular weight is 247 g/mol. The summed E-state index contributed by atoms with van der Waals surface area (Å²) in [5.74, 6) is 0.